The Morgan fingerprint density at radius 2 is 1.59 bits per heavy atom. The average molecular weight is 317 g/mol. The van der Waals surface area contributed by atoms with Gasteiger partial charge in [-0.2, -0.15) is 0 Å². The van der Waals surface area contributed by atoms with Crippen molar-refractivity contribution in [2.75, 3.05) is 46.2 Å². The summed E-state index contributed by atoms with van der Waals surface area (Å²) in [4.78, 5) is 11.3. The fourth-order valence-electron chi connectivity index (χ4n) is 1.80. The van der Waals surface area contributed by atoms with Gasteiger partial charge in [0, 0.05) is 13.2 Å². The van der Waals surface area contributed by atoms with E-state index in [1.54, 1.807) is 0 Å². The Labute approximate surface area is 136 Å². The zero-order valence-corrected chi connectivity index (χ0v) is 14.7. The van der Waals surface area contributed by atoms with Crippen LogP contribution in [0, 0.1) is 5.92 Å². The van der Waals surface area contributed by atoms with Crippen molar-refractivity contribution in [3.63, 3.8) is 0 Å². The van der Waals surface area contributed by atoms with E-state index in [1.807, 2.05) is 0 Å². The molecule has 0 spiro atoms. The van der Waals surface area contributed by atoms with Gasteiger partial charge in [0.1, 0.15) is 6.61 Å². The Morgan fingerprint density at radius 3 is 2.23 bits per heavy atom. The van der Waals surface area contributed by atoms with E-state index in [1.165, 1.54) is 12.8 Å². The normalized spacial score (nSPS) is 12.3. The summed E-state index contributed by atoms with van der Waals surface area (Å²) in [7, 11) is 0. The largest absolute Gasteiger partial charge is 0.379 e. The number of carbonyl (C=O) groups is 1. The molecule has 0 aromatic rings. The molecule has 0 aliphatic heterocycles. The molecule has 0 aromatic heterocycles. The third-order valence-corrected chi connectivity index (χ3v) is 3.51. The fourth-order valence-corrected chi connectivity index (χ4v) is 1.80. The van der Waals surface area contributed by atoms with Gasteiger partial charge < -0.3 is 19.5 Å². The lowest BCUT2D eigenvalue weighted by Gasteiger charge is -2.09. The maximum Gasteiger partial charge on any atom is 0.245 e. The lowest BCUT2D eigenvalue weighted by atomic mass is 10.0. The second-order valence-electron chi connectivity index (χ2n) is 5.64. The maximum absolute atomic E-state index is 11.3. The molecule has 22 heavy (non-hydrogen) atoms. The van der Waals surface area contributed by atoms with Gasteiger partial charge in [0.05, 0.1) is 26.4 Å². The summed E-state index contributed by atoms with van der Waals surface area (Å²) in [6.45, 7) is 10.4. The predicted octanol–water partition coefficient (Wildman–Crippen LogP) is 2.78. The van der Waals surface area contributed by atoms with Crippen molar-refractivity contribution in [1.29, 1.82) is 0 Å². The van der Waals surface area contributed by atoms with E-state index >= 15 is 0 Å². The highest BCUT2D eigenvalue weighted by molar-refractivity contribution is 5.77. The van der Waals surface area contributed by atoms with Gasteiger partial charge in [-0.25, -0.2) is 0 Å². The van der Waals surface area contributed by atoms with Gasteiger partial charge in [-0.15, -0.1) is 0 Å². The zero-order chi connectivity index (χ0) is 16.5. The average Bonchev–Trinajstić information content (AvgIpc) is 2.52. The molecule has 0 aliphatic carbocycles. The first kappa shape index (κ1) is 21.4. The molecular weight excluding hydrogens is 282 g/mol. The van der Waals surface area contributed by atoms with E-state index in [2.05, 4.69) is 26.1 Å². The lowest BCUT2D eigenvalue weighted by Crippen LogP contribution is -2.29. The minimum Gasteiger partial charge on any atom is -0.379 e. The Bertz CT molecular complexity index is 249. The SMILES string of the molecule is CCCCNC(=O)COCCOCCOCCCC(C)CC. The first-order chi connectivity index (χ1) is 10.7. The number of amides is 1. The molecule has 0 saturated heterocycles. The molecule has 0 radical (unpaired) electrons. The van der Waals surface area contributed by atoms with Gasteiger partial charge in [-0.05, 0) is 25.2 Å². The third kappa shape index (κ3) is 15.7. The number of ether oxygens (including phenoxy) is 3. The smallest absolute Gasteiger partial charge is 0.245 e. The molecule has 0 aromatic carbocycles. The summed E-state index contributed by atoms with van der Waals surface area (Å²) < 4.78 is 16.1. The summed E-state index contributed by atoms with van der Waals surface area (Å²) in [6.07, 6.45) is 5.66. The van der Waals surface area contributed by atoms with Gasteiger partial charge in [-0.1, -0.05) is 33.6 Å². The molecule has 0 saturated carbocycles. The third-order valence-electron chi connectivity index (χ3n) is 3.51. The molecule has 1 amide bonds. The van der Waals surface area contributed by atoms with Gasteiger partial charge in [0.2, 0.25) is 5.91 Å². The minimum absolute atomic E-state index is 0.0573. The van der Waals surface area contributed by atoms with Crippen molar-refractivity contribution in [1.82, 2.24) is 5.32 Å². The van der Waals surface area contributed by atoms with Crippen molar-refractivity contribution in [3.8, 4) is 0 Å². The van der Waals surface area contributed by atoms with Crippen LogP contribution in [0.25, 0.3) is 0 Å². The van der Waals surface area contributed by atoms with Crippen LogP contribution in [0.5, 0.6) is 0 Å². The van der Waals surface area contributed by atoms with Crippen molar-refractivity contribution < 1.29 is 19.0 Å². The number of carbonyl (C=O) groups excluding carboxylic acids is 1. The molecule has 132 valence electrons. The van der Waals surface area contributed by atoms with E-state index in [0.717, 1.165) is 38.3 Å². The summed E-state index contributed by atoms with van der Waals surface area (Å²) in [5, 5.41) is 2.80. The van der Waals surface area contributed by atoms with Gasteiger partial charge >= 0.3 is 0 Å². The van der Waals surface area contributed by atoms with Crippen LogP contribution in [-0.2, 0) is 19.0 Å². The van der Waals surface area contributed by atoms with Gasteiger partial charge in [-0.3, -0.25) is 4.79 Å². The molecule has 0 heterocycles. The summed E-state index contributed by atoms with van der Waals surface area (Å²) >= 11 is 0. The number of rotatable bonds is 16. The van der Waals surface area contributed by atoms with Crippen LogP contribution in [-0.4, -0.2) is 52.1 Å². The van der Waals surface area contributed by atoms with Crippen LogP contribution in [0.15, 0.2) is 0 Å². The first-order valence-corrected chi connectivity index (χ1v) is 8.70. The highest BCUT2D eigenvalue weighted by Crippen LogP contribution is 2.08. The molecule has 1 N–H and O–H groups in total. The summed E-state index contributed by atoms with van der Waals surface area (Å²) in [5.74, 6) is 0.731. The van der Waals surface area contributed by atoms with Gasteiger partial charge in [0.15, 0.2) is 0 Å². The van der Waals surface area contributed by atoms with Crippen LogP contribution in [0.1, 0.15) is 52.9 Å². The Hall–Kier alpha value is -0.650. The van der Waals surface area contributed by atoms with Crippen molar-refractivity contribution in [2.45, 2.75) is 52.9 Å². The van der Waals surface area contributed by atoms with Crippen molar-refractivity contribution in [3.05, 3.63) is 0 Å². The second kappa shape index (κ2) is 16.7. The first-order valence-electron chi connectivity index (χ1n) is 8.70. The molecule has 0 aliphatic rings. The minimum atomic E-state index is -0.0573. The number of unbranched alkanes of at least 4 members (excludes halogenated alkanes) is 1. The molecule has 0 bridgehead atoms. The maximum atomic E-state index is 11.3. The van der Waals surface area contributed by atoms with E-state index in [4.69, 9.17) is 14.2 Å². The lowest BCUT2D eigenvalue weighted by molar-refractivity contribution is -0.126. The molecular formula is C17H35NO4. The zero-order valence-electron chi connectivity index (χ0n) is 14.7. The molecule has 0 rings (SSSR count). The van der Waals surface area contributed by atoms with E-state index in [0.29, 0.717) is 26.4 Å². The Kier molecular flexibility index (Phi) is 16.2. The highest BCUT2D eigenvalue weighted by atomic mass is 16.5. The van der Waals surface area contributed by atoms with Crippen LogP contribution in [0.2, 0.25) is 0 Å². The number of nitrogens with one attached hydrogen (secondary N) is 1. The molecule has 0 fully saturated rings. The van der Waals surface area contributed by atoms with Crippen LogP contribution >= 0.6 is 0 Å². The van der Waals surface area contributed by atoms with Crippen molar-refractivity contribution in [2.24, 2.45) is 5.92 Å². The van der Waals surface area contributed by atoms with E-state index < -0.39 is 0 Å². The molecule has 5 heteroatoms. The second-order valence-corrected chi connectivity index (χ2v) is 5.64. The molecule has 1 unspecified atom stereocenters. The predicted molar refractivity (Wildman–Crippen MR) is 89.1 cm³/mol. The summed E-state index contributed by atoms with van der Waals surface area (Å²) in [5.41, 5.74) is 0. The standard InChI is InChI=1S/C17H35NO4/c1-4-6-9-18-17(19)15-22-14-13-21-12-11-20-10-7-8-16(3)5-2/h16H,4-15H2,1-3H3,(H,18,19). The van der Waals surface area contributed by atoms with Crippen molar-refractivity contribution >= 4 is 5.91 Å². The van der Waals surface area contributed by atoms with E-state index in [9.17, 15) is 4.79 Å². The quantitative estimate of drug-likeness (QED) is 0.445. The number of hydrogen-bond acceptors (Lipinski definition) is 4. The van der Waals surface area contributed by atoms with Crippen LogP contribution in [0.4, 0.5) is 0 Å². The molecule has 1 atom stereocenters. The monoisotopic (exact) mass is 317 g/mol. The Balaban J connectivity index is 3.12. The fraction of sp³-hybridized carbons (Fsp3) is 0.941. The topological polar surface area (TPSA) is 56.8 Å². The highest BCUT2D eigenvalue weighted by Gasteiger charge is 2.00. The van der Waals surface area contributed by atoms with Gasteiger partial charge in [0.25, 0.3) is 0 Å². The summed E-state index contributed by atoms with van der Waals surface area (Å²) in [6, 6.07) is 0. The molecule has 5 nitrogen and oxygen atoms in total. The Morgan fingerprint density at radius 1 is 0.955 bits per heavy atom. The van der Waals surface area contributed by atoms with Crippen LogP contribution < -0.4 is 5.32 Å². The number of hydrogen-bond donors (Lipinski definition) is 1. The van der Waals surface area contributed by atoms with Crippen LogP contribution in [0.3, 0.4) is 0 Å². The van der Waals surface area contributed by atoms with E-state index in [-0.39, 0.29) is 12.5 Å².